The van der Waals surface area contributed by atoms with E-state index in [4.69, 9.17) is 24.2 Å². The number of hydrogen-bond donors (Lipinski definition) is 4. The molecular weight excluding hydrogens is 883 g/mol. The molecule has 17 heteroatoms. The molecule has 0 saturated carbocycles. The number of hydrogen-bond acceptors (Lipinski definition) is 9. The van der Waals surface area contributed by atoms with Gasteiger partial charge in [0.15, 0.2) is 0 Å². The summed E-state index contributed by atoms with van der Waals surface area (Å²) in [4.78, 5) is 72.1. The Balaban J connectivity index is 0.00000360. The Bertz CT molecular complexity index is 2590. The predicted octanol–water partition coefficient (Wildman–Crippen LogP) is 9.57. The Morgan fingerprint density at radius 3 is 1.74 bits per heavy atom. The number of H-pyrrole nitrogens is 2. The summed E-state index contributed by atoms with van der Waals surface area (Å²) in [5, 5.41) is 5.42. The molecule has 346 valence electrons. The highest BCUT2D eigenvalue weighted by Crippen LogP contribution is 2.39. The molecule has 4 atom stereocenters. The van der Waals surface area contributed by atoms with Crippen molar-refractivity contribution in [2.75, 3.05) is 27.3 Å². The fourth-order valence-corrected chi connectivity index (χ4v) is 8.55. The molecule has 66 heavy (non-hydrogen) atoms. The van der Waals surface area contributed by atoms with Crippen molar-refractivity contribution < 1.29 is 33.4 Å². The second kappa shape index (κ2) is 21.9. The molecule has 0 bridgehead atoms. The smallest absolute Gasteiger partial charge is 0.407 e. The van der Waals surface area contributed by atoms with Gasteiger partial charge in [0.25, 0.3) is 5.91 Å². The number of aromatic amines is 2. The van der Waals surface area contributed by atoms with Crippen LogP contribution in [0.15, 0.2) is 116 Å². The van der Waals surface area contributed by atoms with Gasteiger partial charge in [-0.25, -0.2) is 19.6 Å². The van der Waals surface area contributed by atoms with E-state index in [1.54, 1.807) is 22.2 Å². The number of halogens is 2. The van der Waals surface area contributed by atoms with Crippen LogP contribution in [-0.2, 0) is 19.1 Å². The maximum absolute atomic E-state index is 14.0. The van der Waals surface area contributed by atoms with Crippen LogP contribution in [-0.4, -0.2) is 87.1 Å². The molecule has 4 aromatic carbocycles. The maximum atomic E-state index is 14.0. The first-order valence-electron chi connectivity index (χ1n) is 21.5. The second-order valence-electron chi connectivity index (χ2n) is 16.3. The van der Waals surface area contributed by atoms with E-state index < -0.39 is 24.3 Å². The molecule has 4 amide bonds. The highest BCUT2D eigenvalue weighted by Gasteiger charge is 2.39. The number of ether oxygens (including phenoxy) is 3. The maximum Gasteiger partial charge on any atom is 0.407 e. The third-order valence-electron chi connectivity index (χ3n) is 11.9. The van der Waals surface area contributed by atoms with Crippen molar-refractivity contribution in [1.82, 2.24) is 40.4 Å². The SMILES string of the molecule is COC(=O)N[C@H](C(=O)N1CCC[C@H]1c1ncc(-c2ccc(-c3ccc(-c4cnc([C@@H]5CCCN5C(=O)[C@H](NC(=O)OC)c5ccccc5)[nH]4)cc3)c(Oc3ccccc3)c2)[nH]1)C(C)C.Cl.Cl. The first-order chi connectivity index (χ1) is 31.1. The van der Waals surface area contributed by atoms with E-state index in [-0.39, 0.29) is 54.6 Å². The molecule has 0 spiro atoms. The molecular formula is C49H54Cl2N8O7. The van der Waals surface area contributed by atoms with Crippen molar-refractivity contribution in [1.29, 1.82) is 0 Å². The lowest BCUT2D eigenvalue weighted by Gasteiger charge is -2.30. The molecule has 2 aliphatic rings. The molecule has 0 radical (unpaired) electrons. The van der Waals surface area contributed by atoms with Crippen LogP contribution in [0.5, 0.6) is 11.5 Å². The van der Waals surface area contributed by atoms with Gasteiger partial charge < -0.3 is 44.6 Å². The van der Waals surface area contributed by atoms with Crippen molar-refractivity contribution in [3.8, 4) is 45.1 Å². The van der Waals surface area contributed by atoms with Gasteiger partial charge in [0, 0.05) is 24.2 Å². The van der Waals surface area contributed by atoms with Crippen LogP contribution in [0.2, 0.25) is 0 Å². The number of imidazole rings is 2. The van der Waals surface area contributed by atoms with Crippen LogP contribution in [0.25, 0.3) is 33.6 Å². The number of carbonyl (C=O) groups excluding carboxylic acids is 4. The van der Waals surface area contributed by atoms with Gasteiger partial charge in [-0.15, -0.1) is 24.8 Å². The van der Waals surface area contributed by atoms with Gasteiger partial charge in [-0.3, -0.25) is 9.59 Å². The minimum absolute atomic E-state index is 0. The molecule has 0 aliphatic carbocycles. The molecule has 15 nitrogen and oxygen atoms in total. The van der Waals surface area contributed by atoms with Crippen LogP contribution in [0, 0.1) is 5.92 Å². The number of amides is 4. The van der Waals surface area contributed by atoms with Gasteiger partial charge in [-0.05, 0) is 72.6 Å². The molecule has 6 aromatic rings. The zero-order valence-corrected chi connectivity index (χ0v) is 38.7. The van der Waals surface area contributed by atoms with Gasteiger partial charge in [0.1, 0.15) is 35.2 Å². The van der Waals surface area contributed by atoms with Crippen molar-refractivity contribution in [3.63, 3.8) is 0 Å². The number of rotatable bonds is 13. The van der Waals surface area contributed by atoms with E-state index in [9.17, 15) is 19.2 Å². The van der Waals surface area contributed by atoms with Crippen molar-refractivity contribution in [3.05, 3.63) is 133 Å². The van der Waals surface area contributed by atoms with E-state index in [0.717, 1.165) is 59.3 Å². The molecule has 4 heterocycles. The van der Waals surface area contributed by atoms with Crippen molar-refractivity contribution in [2.45, 2.75) is 63.7 Å². The number of methoxy groups -OCH3 is 2. The van der Waals surface area contributed by atoms with Gasteiger partial charge >= 0.3 is 12.2 Å². The second-order valence-corrected chi connectivity index (χ2v) is 16.3. The van der Waals surface area contributed by atoms with E-state index >= 15 is 0 Å². The molecule has 2 fully saturated rings. The van der Waals surface area contributed by atoms with Gasteiger partial charge in [0.05, 0.1) is 50.1 Å². The largest absolute Gasteiger partial charge is 0.457 e. The Labute approximate surface area is 395 Å². The minimum atomic E-state index is -0.903. The summed E-state index contributed by atoms with van der Waals surface area (Å²) >= 11 is 0. The summed E-state index contributed by atoms with van der Waals surface area (Å²) in [6.45, 7) is 4.88. The average Bonchev–Trinajstić information content (AvgIpc) is 4.18. The Hall–Kier alpha value is -6.84. The number of carbonyl (C=O) groups is 4. The van der Waals surface area contributed by atoms with E-state index in [0.29, 0.717) is 41.8 Å². The Morgan fingerprint density at radius 2 is 1.17 bits per heavy atom. The van der Waals surface area contributed by atoms with E-state index in [2.05, 4.69) is 20.6 Å². The fraction of sp³-hybridized carbons (Fsp3) is 0.306. The summed E-state index contributed by atoms with van der Waals surface area (Å²) in [7, 11) is 2.56. The number of nitrogens with zero attached hydrogens (tertiary/aromatic N) is 4. The van der Waals surface area contributed by atoms with Gasteiger partial charge in [-0.2, -0.15) is 0 Å². The average molecular weight is 938 g/mol. The lowest BCUT2D eigenvalue weighted by molar-refractivity contribution is -0.135. The number of benzene rings is 4. The van der Waals surface area contributed by atoms with Crippen LogP contribution < -0.4 is 15.4 Å². The highest BCUT2D eigenvalue weighted by atomic mass is 35.5. The van der Waals surface area contributed by atoms with Crippen molar-refractivity contribution in [2.24, 2.45) is 5.92 Å². The lowest BCUT2D eigenvalue weighted by atomic mass is 10.00. The third kappa shape index (κ3) is 10.6. The predicted molar refractivity (Wildman–Crippen MR) is 254 cm³/mol. The quantitative estimate of drug-likeness (QED) is 0.0876. The summed E-state index contributed by atoms with van der Waals surface area (Å²) in [5.41, 5.74) is 5.83. The number of aromatic nitrogens is 4. The molecule has 8 rings (SSSR count). The molecule has 4 N–H and O–H groups in total. The first-order valence-corrected chi connectivity index (χ1v) is 21.5. The summed E-state index contributed by atoms with van der Waals surface area (Å²) < 4.78 is 16.2. The lowest BCUT2D eigenvalue weighted by Crippen LogP contribution is -2.51. The van der Waals surface area contributed by atoms with Crippen LogP contribution in [0.1, 0.15) is 74.9 Å². The Kier molecular flexibility index (Phi) is 16.1. The highest BCUT2D eigenvalue weighted by molar-refractivity contribution is 5.88. The Morgan fingerprint density at radius 1 is 0.652 bits per heavy atom. The summed E-state index contributed by atoms with van der Waals surface area (Å²) in [5.74, 6) is 2.14. The zero-order chi connectivity index (χ0) is 44.7. The summed E-state index contributed by atoms with van der Waals surface area (Å²) in [6.07, 6.45) is 5.31. The molecule has 0 unspecified atom stereocenters. The molecule has 2 saturated heterocycles. The first kappa shape index (κ1) is 48.6. The number of alkyl carbamates (subject to hydrolysis) is 2. The minimum Gasteiger partial charge on any atom is -0.457 e. The normalized spacial score (nSPS) is 16.4. The number of likely N-dealkylation sites (tertiary alicyclic amines) is 2. The standard InChI is InChI=1S/C49H52N8O7.2ClH/c1-30(2)42(54-48(60)62-3)46(58)56-25-11-17-39(56)45-51-29-38(53-45)34-23-24-36(41(27-34)64-35-15-9-6-10-16-35)31-19-21-32(22-20-31)37-28-50-44(52-37)40-18-12-26-57(40)47(59)43(55-49(61)63-4)33-13-7-5-8-14-33;;/h5-10,13-16,19-24,27-30,39-40,42-43H,11-12,17-18,25-26H2,1-4H3,(H,50,52)(H,51,53)(H,54,60)(H,55,61);2*1H/t39-,40-,42-,43+;;/m0../s1. The van der Waals surface area contributed by atoms with Gasteiger partial charge in [-0.1, -0.05) is 92.7 Å². The fourth-order valence-electron chi connectivity index (χ4n) is 8.55. The zero-order valence-electron chi connectivity index (χ0n) is 37.1. The van der Waals surface area contributed by atoms with Crippen molar-refractivity contribution >= 4 is 48.8 Å². The monoisotopic (exact) mass is 936 g/mol. The van der Waals surface area contributed by atoms with Gasteiger partial charge in [0.2, 0.25) is 5.91 Å². The third-order valence-corrected chi connectivity index (χ3v) is 11.9. The molecule has 2 aromatic heterocycles. The van der Waals surface area contributed by atoms with E-state index in [1.165, 1.54) is 14.2 Å². The molecule has 2 aliphatic heterocycles. The number of para-hydroxylation sites is 1. The van der Waals surface area contributed by atoms with Crippen LogP contribution in [0.4, 0.5) is 9.59 Å². The topological polar surface area (TPSA) is 184 Å². The number of nitrogens with one attached hydrogen (secondary N) is 4. The van der Waals surface area contributed by atoms with E-state index in [1.807, 2.05) is 117 Å². The van der Waals surface area contributed by atoms with Crippen LogP contribution in [0.3, 0.4) is 0 Å². The summed E-state index contributed by atoms with van der Waals surface area (Å²) in [6, 6.07) is 30.7. The van der Waals surface area contributed by atoms with Crippen LogP contribution >= 0.6 is 24.8 Å².